The van der Waals surface area contributed by atoms with Crippen LogP contribution in [0.15, 0.2) is 36.0 Å². The topological polar surface area (TPSA) is 70.6 Å². The van der Waals surface area contributed by atoms with Gasteiger partial charge in [-0.2, -0.15) is 10.1 Å². The lowest BCUT2D eigenvalue weighted by atomic mass is 10.2. The van der Waals surface area contributed by atoms with Crippen LogP contribution in [0.2, 0.25) is 0 Å². The van der Waals surface area contributed by atoms with Gasteiger partial charge in [0.2, 0.25) is 6.79 Å². The zero-order valence-electron chi connectivity index (χ0n) is 13.9. The second-order valence-corrected chi connectivity index (χ2v) is 6.68. The summed E-state index contributed by atoms with van der Waals surface area (Å²) in [5, 5.41) is 4.11. The van der Waals surface area contributed by atoms with Crippen LogP contribution in [0.3, 0.4) is 0 Å². The Balaban J connectivity index is 1.90. The summed E-state index contributed by atoms with van der Waals surface area (Å²) in [6, 6.07) is 3.83. The highest BCUT2D eigenvalue weighted by Crippen LogP contribution is 2.36. The normalized spacial score (nSPS) is 13.6. The van der Waals surface area contributed by atoms with Gasteiger partial charge in [-0.1, -0.05) is 17.4 Å². The summed E-state index contributed by atoms with van der Waals surface area (Å²) in [4.78, 5) is 17.6. The molecular formula is C17H16N4O3S. The first-order valence-corrected chi connectivity index (χ1v) is 8.51. The fourth-order valence-corrected chi connectivity index (χ4v) is 3.89. The predicted octanol–water partition coefficient (Wildman–Crippen LogP) is 2.40. The lowest BCUT2D eigenvalue weighted by molar-refractivity contribution is 0.0988. The number of carbonyl (C=O) groups is 1. The lowest BCUT2D eigenvalue weighted by Crippen LogP contribution is -2.17. The number of thiazole rings is 1. The van der Waals surface area contributed by atoms with E-state index in [-0.39, 0.29) is 12.7 Å². The average molecular weight is 356 g/mol. The van der Waals surface area contributed by atoms with Crippen LogP contribution in [0.1, 0.15) is 16.1 Å². The van der Waals surface area contributed by atoms with Crippen molar-refractivity contribution >= 4 is 27.5 Å². The number of amides is 1. The van der Waals surface area contributed by atoms with Crippen LogP contribution in [-0.2, 0) is 13.6 Å². The van der Waals surface area contributed by atoms with E-state index in [4.69, 9.17) is 9.47 Å². The summed E-state index contributed by atoms with van der Waals surface area (Å²) >= 11 is 1.43. The predicted molar refractivity (Wildman–Crippen MR) is 94.0 cm³/mol. The van der Waals surface area contributed by atoms with Gasteiger partial charge in [0.1, 0.15) is 5.69 Å². The largest absolute Gasteiger partial charge is 0.454 e. The van der Waals surface area contributed by atoms with E-state index in [1.54, 1.807) is 24.0 Å². The zero-order chi connectivity index (χ0) is 17.6. The second kappa shape index (κ2) is 5.89. The zero-order valence-corrected chi connectivity index (χ0v) is 14.7. The van der Waals surface area contributed by atoms with Crippen molar-refractivity contribution in [2.24, 2.45) is 12.0 Å². The van der Waals surface area contributed by atoms with Gasteiger partial charge in [0.15, 0.2) is 16.3 Å². The van der Waals surface area contributed by atoms with Gasteiger partial charge in [0.25, 0.3) is 5.91 Å². The lowest BCUT2D eigenvalue weighted by Gasteiger charge is -2.02. The van der Waals surface area contributed by atoms with E-state index >= 15 is 0 Å². The van der Waals surface area contributed by atoms with Crippen LogP contribution < -0.4 is 14.3 Å². The molecule has 2 aromatic heterocycles. The van der Waals surface area contributed by atoms with Crippen molar-refractivity contribution in [1.29, 1.82) is 0 Å². The number of benzene rings is 1. The summed E-state index contributed by atoms with van der Waals surface area (Å²) in [6.07, 6.45) is 3.43. The first-order valence-electron chi connectivity index (χ1n) is 7.70. The molecular weight excluding hydrogens is 340 g/mol. The molecule has 7 nitrogen and oxygen atoms in total. The molecule has 128 valence electrons. The molecule has 0 saturated carbocycles. The standard InChI is InChI=1S/C17H16N4O3S/c1-4-5-21-11-6-12-13(24-9-23-12)7-14(11)25-17(21)19-16(22)15-10(2)8-18-20(15)3/h4,6-8H,1,5,9H2,2-3H3. The molecule has 1 aromatic carbocycles. The maximum atomic E-state index is 12.6. The molecule has 0 bridgehead atoms. The number of fused-ring (bicyclic) bond motifs is 2. The van der Waals surface area contributed by atoms with Gasteiger partial charge in [-0.15, -0.1) is 6.58 Å². The number of hydrogen-bond acceptors (Lipinski definition) is 5. The van der Waals surface area contributed by atoms with Crippen LogP contribution in [-0.4, -0.2) is 27.0 Å². The quantitative estimate of drug-likeness (QED) is 0.676. The average Bonchev–Trinajstić information content (AvgIpc) is 3.24. The van der Waals surface area contributed by atoms with Gasteiger partial charge < -0.3 is 14.0 Å². The van der Waals surface area contributed by atoms with Gasteiger partial charge in [-0.05, 0) is 6.92 Å². The number of carbonyl (C=O) groups excluding carboxylic acids is 1. The van der Waals surface area contributed by atoms with Crippen molar-refractivity contribution in [3.63, 3.8) is 0 Å². The van der Waals surface area contributed by atoms with E-state index in [2.05, 4.69) is 16.7 Å². The Labute approximate surface area is 147 Å². The van der Waals surface area contributed by atoms with Crippen molar-refractivity contribution in [3.05, 3.63) is 47.0 Å². The van der Waals surface area contributed by atoms with Crippen molar-refractivity contribution in [1.82, 2.24) is 14.3 Å². The van der Waals surface area contributed by atoms with Crippen LogP contribution >= 0.6 is 11.3 Å². The third kappa shape index (κ3) is 2.54. The number of allylic oxidation sites excluding steroid dienone is 1. The van der Waals surface area contributed by atoms with Crippen LogP contribution in [0.5, 0.6) is 11.5 Å². The molecule has 0 atom stereocenters. The summed E-state index contributed by atoms with van der Waals surface area (Å²) < 4.78 is 15.3. The molecule has 1 aliphatic heterocycles. The SMILES string of the molecule is C=CCn1c(=NC(=O)c2c(C)cnn2C)sc2cc3c(cc21)OCO3. The van der Waals surface area contributed by atoms with Gasteiger partial charge in [0, 0.05) is 31.3 Å². The van der Waals surface area contributed by atoms with E-state index in [9.17, 15) is 4.79 Å². The van der Waals surface area contributed by atoms with Crippen LogP contribution in [0.25, 0.3) is 10.2 Å². The molecule has 8 heteroatoms. The maximum absolute atomic E-state index is 12.6. The monoisotopic (exact) mass is 356 g/mol. The van der Waals surface area contributed by atoms with Gasteiger partial charge in [0.05, 0.1) is 16.4 Å². The van der Waals surface area contributed by atoms with Crippen molar-refractivity contribution in [3.8, 4) is 11.5 Å². The number of hydrogen-bond donors (Lipinski definition) is 0. The molecule has 0 radical (unpaired) electrons. The highest BCUT2D eigenvalue weighted by atomic mass is 32.1. The smallest absolute Gasteiger partial charge is 0.298 e. The molecule has 0 spiro atoms. The summed E-state index contributed by atoms with van der Waals surface area (Å²) in [7, 11) is 1.73. The Morgan fingerprint density at radius 1 is 1.44 bits per heavy atom. The molecule has 3 heterocycles. The molecule has 0 unspecified atom stereocenters. The summed E-state index contributed by atoms with van der Waals surface area (Å²) in [5.41, 5.74) is 2.22. The van der Waals surface area contributed by atoms with E-state index < -0.39 is 0 Å². The Morgan fingerprint density at radius 2 is 2.20 bits per heavy atom. The van der Waals surface area contributed by atoms with Gasteiger partial charge in [-0.25, -0.2) is 0 Å². The Kier molecular flexibility index (Phi) is 3.69. The number of aromatic nitrogens is 3. The Bertz CT molecular complexity index is 1050. The minimum Gasteiger partial charge on any atom is -0.454 e. The minimum absolute atomic E-state index is 0.226. The van der Waals surface area contributed by atoms with Crippen molar-refractivity contribution in [2.75, 3.05) is 6.79 Å². The molecule has 1 amide bonds. The third-order valence-electron chi connectivity index (χ3n) is 4.01. The molecule has 0 N–H and O–H groups in total. The highest BCUT2D eigenvalue weighted by Gasteiger charge is 2.18. The number of nitrogens with zero attached hydrogens (tertiary/aromatic N) is 4. The number of rotatable bonds is 3. The molecule has 25 heavy (non-hydrogen) atoms. The van der Waals surface area contributed by atoms with Gasteiger partial charge in [-0.3, -0.25) is 9.48 Å². The molecule has 0 fully saturated rings. The fourth-order valence-electron chi connectivity index (χ4n) is 2.84. The molecule has 4 rings (SSSR count). The second-order valence-electron chi connectivity index (χ2n) is 5.67. The molecule has 1 aliphatic rings. The van der Waals surface area contributed by atoms with E-state index in [0.717, 1.165) is 15.8 Å². The first-order chi connectivity index (χ1) is 12.1. The molecule has 3 aromatic rings. The maximum Gasteiger partial charge on any atom is 0.298 e. The highest BCUT2D eigenvalue weighted by molar-refractivity contribution is 7.16. The van der Waals surface area contributed by atoms with Gasteiger partial charge >= 0.3 is 0 Å². The van der Waals surface area contributed by atoms with E-state index in [1.807, 2.05) is 23.6 Å². The van der Waals surface area contributed by atoms with Crippen LogP contribution in [0.4, 0.5) is 0 Å². The summed E-state index contributed by atoms with van der Waals surface area (Å²) in [5.74, 6) is 1.09. The number of ether oxygens (including phenoxy) is 2. The summed E-state index contributed by atoms with van der Waals surface area (Å²) in [6.45, 7) is 6.41. The Morgan fingerprint density at radius 3 is 2.88 bits per heavy atom. The van der Waals surface area contributed by atoms with E-state index in [1.165, 1.54) is 11.3 Å². The van der Waals surface area contributed by atoms with Crippen molar-refractivity contribution in [2.45, 2.75) is 13.5 Å². The first kappa shape index (κ1) is 15.6. The van der Waals surface area contributed by atoms with Crippen molar-refractivity contribution < 1.29 is 14.3 Å². The third-order valence-corrected chi connectivity index (χ3v) is 5.05. The fraction of sp³-hybridized carbons (Fsp3) is 0.235. The number of aryl methyl sites for hydroxylation is 2. The van der Waals surface area contributed by atoms with Crippen LogP contribution in [0, 0.1) is 6.92 Å². The molecule has 0 aliphatic carbocycles. The molecule has 0 saturated heterocycles. The minimum atomic E-state index is -0.318. The van der Waals surface area contributed by atoms with E-state index in [0.29, 0.717) is 28.5 Å². The Hall–Kier alpha value is -2.87.